The molecule has 0 amide bonds. The van der Waals surface area contributed by atoms with E-state index in [9.17, 15) is 0 Å². The van der Waals surface area contributed by atoms with Crippen LogP contribution in [-0.2, 0) is 0 Å². The molecule has 10 rings (SSSR count). The number of hydrogen-bond donors (Lipinski definition) is 0. The summed E-state index contributed by atoms with van der Waals surface area (Å²) in [4.78, 5) is 15.1. The van der Waals surface area contributed by atoms with E-state index < -0.39 is 0 Å². The summed E-state index contributed by atoms with van der Waals surface area (Å²) in [5.41, 5.74) is 7.63. The van der Waals surface area contributed by atoms with Crippen LogP contribution < -0.4 is 0 Å². The lowest BCUT2D eigenvalue weighted by Crippen LogP contribution is -2.00. The Balaban J connectivity index is 1.26. The van der Waals surface area contributed by atoms with Gasteiger partial charge in [-0.1, -0.05) is 140 Å². The van der Waals surface area contributed by atoms with E-state index in [0.717, 1.165) is 22.3 Å². The van der Waals surface area contributed by atoms with Gasteiger partial charge in [-0.05, 0) is 41.0 Å². The molecule has 0 saturated heterocycles. The Hall–Kier alpha value is -6.01. The normalized spacial score (nSPS) is 11.6. The van der Waals surface area contributed by atoms with Gasteiger partial charge < -0.3 is 0 Å². The molecule has 0 bridgehead atoms. The second kappa shape index (κ2) is 11.8. The van der Waals surface area contributed by atoms with E-state index in [1.54, 1.807) is 0 Å². The highest BCUT2D eigenvalue weighted by molar-refractivity contribution is 7.26. The van der Waals surface area contributed by atoms with Gasteiger partial charge in [0.1, 0.15) is 0 Å². The maximum Gasteiger partial charge on any atom is 0.164 e. The molecule has 10 aromatic rings. The molecular weight excluding hydrogens is 647 g/mol. The Bertz CT molecular complexity index is 2810. The summed E-state index contributed by atoms with van der Waals surface area (Å²) in [7, 11) is 0. The van der Waals surface area contributed by atoms with Crippen LogP contribution in [0, 0.1) is 0 Å². The second-order valence-corrected chi connectivity index (χ2v) is 14.5. The summed E-state index contributed by atoms with van der Waals surface area (Å²) in [6.45, 7) is 0. The van der Waals surface area contributed by atoms with Gasteiger partial charge >= 0.3 is 0 Å². The van der Waals surface area contributed by atoms with Crippen LogP contribution in [0.5, 0.6) is 0 Å². The largest absolute Gasteiger partial charge is 0.208 e. The second-order valence-electron chi connectivity index (χ2n) is 12.4. The molecule has 0 atom stereocenters. The van der Waals surface area contributed by atoms with Gasteiger partial charge in [-0.25, -0.2) is 15.0 Å². The lowest BCUT2D eigenvalue weighted by molar-refractivity contribution is 1.07. The Morgan fingerprint density at radius 2 is 0.860 bits per heavy atom. The molecule has 3 heterocycles. The van der Waals surface area contributed by atoms with E-state index in [0.29, 0.717) is 17.5 Å². The van der Waals surface area contributed by atoms with Gasteiger partial charge in [0.15, 0.2) is 17.5 Å². The fourth-order valence-corrected chi connectivity index (χ4v) is 9.40. The molecule has 0 aliphatic rings. The standard InChI is InChI=1S/C45H27N3S2/c1-3-13-28(14-4-1)43-46-44(29-15-5-2-6-16-29)48-45(47-43)30-25-26-31(34-20-11-21-35-32-17-7-9-22-38(32)50-42(34)35)37(27-30)33-19-12-24-40-41(33)36-18-8-10-23-39(36)49-40/h1-27H. The molecule has 3 nitrogen and oxygen atoms in total. The van der Waals surface area contributed by atoms with Crippen molar-refractivity contribution in [1.82, 2.24) is 15.0 Å². The molecular formula is C45H27N3S2. The zero-order chi connectivity index (χ0) is 33.0. The summed E-state index contributed by atoms with van der Waals surface area (Å²) in [6, 6.07) is 57.9. The predicted molar refractivity (Wildman–Crippen MR) is 213 cm³/mol. The Labute approximate surface area is 296 Å². The third-order valence-electron chi connectivity index (χ3n) is 9.36. The maximum atomic E-state index is 5.10. The van der Waals surface area contributed by atoms with Crippen LogP contribution in [0.15, 0.2) is 164 Å². The van der Waals surface area contributed by atoms with E-state index >= 15 is 0 Å². The first-order chi connectivity index (χ1) is 24.8. The lowest BCUT2D eigenvalue weighted by atomic mass is 9.90. The number of rotatable bonds is 5. The first kappa shape index (κ1) is 29.0. The van der Waals surface area contributed by atoms with Gasteiger partial charge in [0.05, 0.1) is 0 Å². The number of hydrogen-bond acceptors (Lipinski definition) is 5. The molecule has 0 saturated carbocycles. The third kappa shape index (κ3) is 4.82. The smallest absolute Gasteiger partial charge is 0.164 e. The minimum atomic E-state index is 0.646. The Morgan fingerprint density at radius 3 is 1.58 bits per heavy atom. The van der Waals surface area contributed by atoms with Crippen molar-refractivity contribution in [3.8, 4) is 56.4 Å². The summed E-state index contributed by atoms with van der Waals surface area (Å²) in [5.74, 6) is 1.95. The molecule has 50 heavy (non-hydrogen) atoms. The number of thiophene rings is 2. The van der Waals surface area contributed by atoms with Crippen molar-refractivity contribution >= 4 is 63.0 Å². The van der Waals surface area contributed by atoms with Crippen molar-refractivity contribution in [2.24, 2.45) is 0 Å². The van der Waals surface area contributed by atoms with Crippen LogP contribution in [-0.4, -0.2) is 15.0 Å². The number of aromatic nitrogens is 3. The Kier molecular flexibility index (Phi) is 6.86. The average molecular weight is 674 g/mol. The number of benzene rings is 7. The van der Waals surface area contributed by atoms with Crippen LogP contribution in [0.2, 0.25) is 0 Å². The highest BCUT2D eigenvalue weighted by Gasteiger charge is 2.20. The quantitative estimate of drug-likeness (QED) is 0.182. The molecule has 0 unspecified atom stereocenters. The average Bonchev–Trinajstić information content (AvgIpc) is 3.77. The lowest BCUT2D eigenvalue weighted by Gasteiger charge is -2.15. The van der Waals surface area contributed by atoms with Gasteiger partial charge in [0.25, 0.3) is 0 Å². The highest BCUT2D eigenvalue weighted by atomic mass is 32.1. The van der Waals surface area contributed by atoms with E-state index in [2.05, 4.69) is 127 Å². The minimum absolute atomic E-state index is 0.646. The first-order valence-electron chi connectivity index (χ1n) is 16.6. The number of fused-ring (bicyclic) bond motifs is 6. The summed E-state index contributed by atoms with van der Waals surface area (Å²) >= 11 is 3.71. The van der Waals surface area contributed by atoms with Crippen molar-refractivity contribution in [3.63, 3.8) is 0 Å². The summed E-state index contributed by atoms with van der Waals surface area (Å²) in [5, 5.41) is 5.14. The van der Waals surface area contributed by atoms with Crippen LogP contribution in [0.3, 0.4) is 0 Å². The van der Waals surface area contributed by atoms with Crippen molar-refractivity contribution in [2.45, 2.75) is 0 Å². The zero-order valence-electron chi connectivity index (χ0n) is 26.7. The molecule has 0 N–H and O–H groups in total. The van der Waals surface area contributed by atoms with Gasteiger partial charge in [-0.3, -0.25) is 0 Å². The van der Waals surface area contributed by atoms with Crippen LogP contribution in [0.25, 0.3) is 96.8 Å². The molecule has 0 fully saturated rings. The number of nitrogens with zero attached hydrogens (tertiary/aromatic N) is 3. The van der Waals surface area contributed by atoms with Gasteiger partial charge in [0, 0.05) is 62.6 Å². The predicted octanol–water partition coefficient (Wildman–Crippen LogP) is 12.9. The van der Waals surface area contributed by atoms with E-state index in [-0.39, 0.29) is 0 Å². The molecule has 3 aromatic heterocycles. The summed E-state index contributed by atoms with van der Waals surface area (Å²) < 4.78 is 5.16. The molecule has 0 spiro atoms. The van der Waals surface area contributed by atoms with Crippen molar-refractivity contribution in [2.75, 3.05) is 0 Å². The molecule has 0 radical (unpaired) electrons. The fraction of sp³-hybridized carbons (Fsp3) is 0. The zero-order valence-corrected chi connectivity index (χ0v) is 28.4. The molecule has 234 valence electrons. The maximum absolute atomic E-state index is 5.10. The van der Waals surface area contributed by atoms with Gasteiger partial charge in [0.2, 0.25) is 0 Å². The highest BCUT2D eigenvalue weighted by Crippen LogP contribution is 2.47. The van der Waals surface area contributed by atoms with E-state index in [1.165, 1.54) is 57.0 Å². The van der Waals surface area contributed by atoms with Crippen LogP contribution >= 0.6 is 22.7 Å². The van der Waals surface area contributed by atoms with Crippen LogP contribution in [0.1, 0.15) is 0 Å². The minimum Gasteiger partial charge on any atom is -0.208 e. The van der Waals surface area contributed by atoms with Gasteiger partial charge in [-0.2, -0.15) is 0 Å². The van der Waals surface area contributed by atoms with Crippen molar-refractivity contribution in [1.29, 1.82) is 0 Å². The third-order valence-corrected chi connectivity index (χ3v) is 11.7. The van der Waals surface area contributed by atoms with Crippen LogP contribution in [0.4, 0.5) is 0 Å². The monoisotopic (exact) mass is 673 g/mol. The van der Waals surface area contributed by atoms with Crippen molar-refractivity contribution < 1.29 is 0 Å². The van der Waals surface area contributed by atoms with E-state index in [1.807, 2.05) is 59.1 Å². The molecule has 0 aliphatic carbocycles. The van der Waals surface area contributed by atoms with Crippen molar-refractivity contribution in [3.05, 3.63) is 164 Å². The summed E-state index contributed by atoms with van der Waals surface area (Å²) in [6.07, 6.45) is 0. The molecule has 0 aliphatic heterocycles. The molecule has 5 heteroatoms. The fourth-order valence-electron chi connectivity index (χ4n) is 7.04. The SMILES string of the molecule is c1ccc(-c2nc(-c3ccccc3)nc(-c3ccc(-c4cccc5c4sc4ccccc45)c(-c4cccc5sc6ccccc6c45)c3)n2)cc1. The first-order valence-corrected chi connectivity index (χ1v) is 18.2. The Morgan fingerprint density at radius 1 is 0.320 bits per heavy atom. The van der Waals surface area contributed by atoms with Gasteiger partial charge in [-0.15, -0.1) is 22.7 Å². The van der Waals surface area contributed by atoms with E-state index in [4.69, 9.17) is 15.0 Å². The molecule has 7 aromatic carbocycles. The topological polar surface area (TPSA) is 38.7 Å².